The molecule has 0 fully saturated rings. The van der Waals surface area contributed by atoms with Gasteiger partial charge < -0.3 is 20.1 Å². The van der Waals surface area contributed by atoms with E-state index in [4.69, 9.17) is 4.74 Å². The van der Waals surface area contributed by atoms with Gasteiger partial charge in [-0.05, 0) is 55.3 Å². The van der Waals surface area contributed by atoms with Crippen molar-refractivity contribution in [1.29, 1.82) is 0 Å². The predicted molar refractivity (Wildman–Crippen MR) is 119 cm³/mol. The van der Waals surface area contributed by atoms with Gasteiger partial charge in [-0.15, -0.1) is 0 Å². The van der Waals surface area contributed by atoms with Crippen molar-refractivity contribution in [3.8, 4) is 5.75 Å². The molecule has 7 heteroatoms. The van der Waals surface area contributed by atoms with Gasteiger partial charge in [-0.1, -0.05) is 29.8 Å². The summed E-state index contributed by atoms with van der Waals surface area (Å²) in [6, 6.07) is 18.5. The van der Waals surface area contributed by atoms with Gasteiger partial charge in [0.15, 0.2) is 0 Å². The number of amides is 1. The molecule has 0 unspecified atom stereocenters. The smallest absolute Gasteiger partial charge is 0.323 e. The quantitative estimate of drug-likeness (QED) is 0.546. The number of nitrogens with one attached hydrogen (secondary N) is 1. The molecule has 1 aromatic heterocycles. The maximum absolute atomic E-state index is 13.2. The molecule has 0 aliphatic heterocycles. The molecular formula is C24H25N3O4. The molecule has 3 rings (SSSR count). The van der Waals surface area contributed by atoms with Crippen molar-refractivity contribution in [2.45, 2.75) is 13.3 Å². The van der Waals surface area contributed by atoms with E-state index in [0.29, 0.717) is 23.6 Å². The SMILES string of the molecule is COc1ccc(Nc2ncccc2C(=O)N(CCc2cccc(C)c2)CC(=O)O)cc1. The molecule has 160 valence electrons. The number of ether oxygens (including phenoxy) is 1. The minimum Gasteiger partial charge on any atom is -0.497 e. The summed E-state index contributed by atoms with van der Waals surface area (Å²) in [6.45, 7) is 1.89. The highest BCUT2D eigenvalue weighted by atomic mass is 16.5. The molecule has 0 spiro atoms. The lowest BCUT2D eigenvalue weighted by Crippen LogP contribution is -2.37. The molecule has 31 heavy (non-hydrogen) atoms. The Labute approximate surface area is 181 Å². The van der Waals surface area contributed by atoms with Gasteiger partial charge in [0.2, 0.25) is 0 Å². The van der Waals surface area contributed by atoms with Crippen LogP contribution in [-0.2, 0) is 11.2 Å². The van der Waals surface area contributed by atoms with E-state index in [9.17, 15) is 14.7 Å². The van der Waals surface area contributed by atoms with Crippen LogP contribution in [0.1, 0.15) is 21.5 Å². The van der Waals surface area contributed by atoms with Crippen LogP contribution in [0.5, 0.6) is 5.75 Å². The molecule has 0 aliphatic carbocycles. The van der Waals surface area contributed by atoms with Gasteiger partial charge in [-0.25, -0.2) is 4.98 Å². The molecular weight excluding hydrogens is 394 g/mol. The standard InChI is InChI=1S/C24H25N3O4/c1-17-5-3-6-18(15-17)12-14-27(16-22(28)29)24(30)21-7-4-13-25-23(21)26-19-8-10-20(31-2)11-9-19/h3-11,13,15H,12,14,16H2,1-2H3,(H,25,26)(H,28,29). The fraction of sp³-hybridized carbons (Fsp3) is 0.208. The number of hydrogen-bond donors (Lipinski definition) is 2. The zero-order chi connectivity index (χ0) is 22.2. The lowest BCUT2D eigenvalue weighted by atomic mass is 10.1. The van der Waals surface area contributed by atoms with Crippen LogP contribution in [-0.4, -0.2) is 47.1 Å². The van der Waals surface area contributed by atoms with Gasteiger partial charge in [-0.2, -0.15) is 0 Å². The zero-order valence-electron chi connectivity index (χ0n) is 17.5. The van der Waals surface area contributed by atoms with Crippen LogP contribution >= 0.6 is 0 Å². The molecule has 0 bridgehead atoms. The second-order valence-corrected chi connectivity index (χ2v) is 7.11. The van der Waals surface area contributed by atoms with Gasteiger partial charge >= 0.3 is 5.97 Å². The summed E-state index contributed by atoms with van der Waals surface area (Å²) in [5.41, 5.74) is 3.21. The Morgan fingerprint density at radius 1 is 1.10 bits per heavy atom. The van der Waals surface area contributed by atoms with Crippen LogP contribution in [0.25, 0.3) is 0 Å². The van der Waals surface area contributed by atoms with Gasteiger partial charge in [-0.3, -0.25) is 9.59 Å². The third-order valence-corrected chi connectivity index (χ3v) is 4.76. The first-order valence-electron chi connectivity index (χ1n) is 9.89. The number of carboxylic acids is 1. The second-order valence-electron chi connectivity index (χ2n) is 7.11. The summed E-state index contributed by atoms with van der Waals surface area (Å²) in [7, 11) is 1.59. The lowest BCUT2D eigenvalue weighted by Gasteiger charge is -2.22. The average Bonchev–Trinajstić information content (AvgIpc) is 2.77. The number of benzene rings is 2. The first-order valence-corrected chi connectivity index (χ1v) is 9.89. The minimum atomic E-state index is -1.06. The maximum Gasteiger partial charge on any atom is 0.323 e. The normalized spacial score (nSPS) is 10.4. The maximum atomic E-state index is 13.2. The number of aryl methyl sites for hydroxylation is 1. The highest BCUT2D eigenvalue weighted by Gasteiger charge is 2.22. The molecule has 0 saturated carbocycles. The van der Waals surface area contributed by atoms with Gasteiger partial charge in [0.05, 0.1) is 12.7 Å². The summed E-state index contributed by atoms with van der Waals surface area (Å²) in [5.74, 6) is -0.374. The van der Waals surface area contributed by atoms with Gasteiger partial charge in [0, 0.05) is 18.4 Å². The number of carboxylic acid groups (broad SMARTS) is 1. The summed E-state index contributed by atoms with van der Waals surface area (Å²) < 4.78 is 5.16. The summed E-state index contributed by atoms with van der Waals surface area (Å²) in [4.78, 5) is 30.3. The van der Waals surface area contributed by atoms with Gasteiger partial charge in [0.1, 0.15) is 18.1 Å². The Kier molecular flexibility index (Phi) is 7.22. The Hall–Kier alpha value is -3.87. The van der Waals surface area contributed by atoms with Crippen LogP contribution in [0.2, 0.25) is 0 Å². The molecule has 0 aliphatic rings. The van der Waals surface area contributed by atoms with E-state index in [2.05, 4.69) is 10.3 Å². The van der Waals surface area contributed by atoms with E-state index < -0.39 is 5.97 Å². The monoisotopic (exact) mass is 419 g/mol. The first-order chi connectivity index (χ1) is 15.0. The summed E-state index contributed by atoms with van der Waals surface area (Å²) in [6.07, 6.45) is 2.14. The highest BCUT2D eigenvalue weighted by Crippen LogP contribution is 2.22. The first kappa shape index (κ1) is 21.8. The number of hydrogen-bond acceptors (Lipinski definition) is 5. The van der Waals surface area contributed by atoms with Crippen LogP contribution in [0.15, 0.2) is 66.9 Å². The van der Waals surface area contributed by atoms with E-state index in [0.717, 1.165) is 16.8 Å². The zero-order valence-corrected chi connectivity index (χ0v) is 17.5. The number of aliphatic carboxylic acids is 1. The van der Waals surface area contributed by atoms with E-state index in [1.54, 1.807) is 37.6 Å². The van der Waals surface area contributed by atoms with Crippen molar-refractivity contribution in [3.63, 3.8) is 0 Å². The average molecular weight is 419 g/mol. The predicted octanol–water partition coefficient (Wildman–Crippen LogP) is 3.91. The Morgan fingerprint density at radius 3 is 2.55 bits per heavy atom. The van der Waals surface area contributed by atoms with Crippen molar-refractivity contribution in [1.82, 2.24) is 9.88 Å². The molecule has 1 amide bonds. The Balaban J connectivity index is 1.80. The largest absolute Gasteiger partial charge is 0.497 e. The van der Waals surface area contributed by atoms with E-state index in [1.807, 2.05) is 43.3 Å². The van der Waals surface area contributed by atoms with Crippen molar-refractivity contribution in [3.05, 3.63) is 83.6 Å². The number of nitrogens with zero attached hydrogens (tertiary/aromatic N) is 2. The number of pyridine rings is 1. The van der Waals surface area contributed by atoms with Crippen molar-refractivity contribution in [2.75, 3.05) is 25.5 Å². The molecule has 2 aromatic carbocycles. The van der Waals surface area contributed by atoms with Gasteiger partial charge in [0.25, 0.3) is 5.91 Å². The van der Waals surface area contributed by atoms with E-state index >= 15 is 0 Å². The number of aromatic nitrogens is 1. The van der Waals surface area contributed by atoms with E-state index in [-0.39, 0.29) is 19.0 Å². The fourth-order valence-electron chi connectivity index (χ4n) is 3.21. The van der Waals surface area contributed by atoms with Crippen LogP contribution in [0.4, 0.5) is 11.5 Å². The molecule has 0 saturated heterocycles. The minimum absolute atomic E-state index is 0.283. The van der Waals surface area contributed by atoms with Crippen LogP contribution < -0.4 is 10.1 Å². The Morgan fingerprint density at radius 2 is 1.87 bits per heavy atom. The van der Waals surface area contributed by atoms with Crippen molar-refractivity contribution < 1.29 is 19.4 Å². The highest BCUT2D eigenvalue weighted by molar-refractivity contribution is 6.00. The van der Waals surface area contributed by atoms with Crippen LogP contribution in [0.3, 0.4) is 0 Å². The third-order valence-electron chi connectivity index (χ3n) is 4.76. The molecule has 1 heterocycles. The number of rotatable bonds is 9. The molecule has 0 atom stereocenters. The molecule has 3 aromatic rings. The summed E-state index contributed by atoms with van der Waals surface area (Å²) >= 11 is 0. The number of carbonyl (C=O) groups is 2. The lowest BCUT2D eigenvalue weighted by molar-refractivity contribution is -0.137. The summed E-state index contributed by atoms with van der Waals surface area (Å²) in [5, 5.41) is 12.5. The molecule has 7 nitrogen and oxygen atoms in total. The van der Waals surface area contributed by atoms with Crippen LogP contribution in [0, 0.1) is 6.92 Å². The van der Waals surface area contributed by atoms with Crippen molar-refractivity contribution >= 4 is 23.4 Å². The molecule has 2 N–H and O–H groups in total. The van der Waals surface area contributed by atoms with E-state index in [1.165, 1.54) is 4.90 Å². The number of carbonyl (C=O) groups excluding carboxylic acids is 1. The second kappa shape index (κ2) is 10.2. The van der Waals surface area contributed by atoms with Crippen molar-refractivity contribution in [2.24, 2.45) is 0 Å². The topological polar surface area (TPSA) is 91.8 Å². The Bertz CT molecular complexity index is 1050. The third kappa shape index (κ3) is 6.05. The molecule has 0 radical (unpaired) electrons. The number of anilines is 2. The number of methoxy groups -OCH3 is 1. The fourth-order valence-corrected chi connectivity index (χ4v) is 3.21.